The summed E-state index contributed by atoms with van der Waals surface area (Å²) in [7, 11) is 0. The van der Waals surface area contributed by atoms with Crippen LogP contribution in [0.4, 0.5) is 0 Å². The van der Waals surface area contributed by atoms with Crippen LogP contribution < -0.4 is 5.32 Å². The quantitative estimate of drug-likeness (QED) is 0.732. The monoisotopic (exact) mass is 287 g/mol. The van der Waals surface area contributed by atoms with E-state index in [2.05, 4.69) is 23.2 Å². The summed E-state index contributed by atoms with van der Waals surface area (Å²) in [6.07, 6.45) is 2.06. The molecule has 2 aromatic rings. The molecule has 0 amide bonds. The third kappa shape index (κ3) is 2.84. The van der Waals surface area contributed by atoms with Gasteiger partial charge in [-0.3, -0.25) is 0 Å². The number of halogens is 1. The molecule has 3 heteroatoms. The van der Waals surface area contributed by atoms with Gasteiger partial charge < -0.3 is 5.32 Å². The number of nitrogens with one attached hydrogen (secondary N) is 1. The Balaban J connectivity index is 2.04. The lowest BCUT2D eigenvalue weighted by Gasteiger charge is -2.09. The molecule has 96 valence electrons. The number of fused-ring (bicyclic) bond motifs is 1. The maximum absolute atomic E-state index is 6.34. The van der Waals surface area contributed by atoms with E-state index in [1.54, 1.807) is 11.3 Å². The van der Waals surface area contributed by atoms with Gasteiger partial charge in [0, 0.05) is 5.56 Å². The van der Waals surface area contributed by atoms with Crippen LogP contribution in [0.25, 0.3) is 0 Å². The molecule has 1 aromatic carbocycles. The van der Waals surface area contributed by atoms with E-state index in [1.165, 1.54) is 11.1 Å². The van der Waals surface area contributed by atoms with Crippen LogP contribution in [0.5, 0.6) is 0 Å². The van der Waals surface area contributed by atoms with Gasteiger partial charge in [-0.2, -0.15) is 0 Å². The van der Waals surface area contributed by atoms with Crippen LogP contribution in [0, 0.1) is 11.8 Å². The number of thiophene rings is 1. The van der Waals surface area contributed by atoms with Gasteiger partial charge >= 0.3 is 0 Å². The van der Waals surface area contributed by atoms with Crippen molar-refractivity contribution in [1.29, 1.82) is 0 Å². The molecule has 1 aliphatic rings. The Labute approximate surface area is 122 Å². The Hall–Kier alpha value is -1.27. The van der Waals surface area contributed by atoms with Crippen LogP contribution in [0.1, 0.15) is 21.6 Å². The summed E-state index contributed by atoms with van der Waals surface area (Å²) in [5, 5.41) is 6.23. The number of hydrogen-bond acceptors (Lipinski definition) is 2. The van der Waals surface area contributed by atoms with Crippen LogP contribution in [-0.2, 0) is 12.8 Å². The molecular weight excluding hydrogens is 274 g/mol. The van der Waals surface area contributed by atoms with Gasteiger partial charge in [0.2, 0.25) is 0 Å². The largest absolute Gasteiger partial charge is 0.316 e. The lowest BCUT2D eigenvalue weighted by molar-refractivity contribution is 0.711. The van der Waals surface area contributed by atoms with Crippen molar-refractivity contribution in [3.05, 3.63) is 56.2 Å². The second kappa shape index (κ2) is 5.79. The van der Waals surface area contributed by atoms with Gasteiger partial charge in [0.15, 0.2) is 0 Å². The third-order valence-electron chi connectivity index (χ3n) is 3.31. The second-order valence-electron chi connectivity index (χ2n) is 4.54. The van der Waals surface area contributed by atoms with Crippen molar-refractivity contribution >= 4 is 22.9 Å². The fraction of sp³-hybridized carbons (Fsp3) is 0.250. The first-order chi connectivity index (χ1) is 9.34. The van der Waals surface area contributed by atoms with Crippen molar-refractivity contribution in [2.45, 2.75) is 12.8 Å². The number of benzene rings is 1. The molecule has 0 radical (unpaired) electrons. The fourth-order valence-electron chi connectivity index (χ4n) is 2.35. The van der Waals surface area contributed by atoms with Crippen molar-refractivity contribution in [2.24, 2.45) is 0 Å². The van der Waals surface area contributed by atoms with E-state index in [4.69, 9.17) is 11.6 Å². The molecule has 0 fully saturated rings. The van der Waals surface area contributed by atoms with E-state index in [9.17, 15) is 0 Å². The summed E-state index contributed by atoms with van der Waals surface area (Å²) in [4.78, 5) is 1.08. The van der Waals surface area contributed by atoms with Gasteiger partial charge in [0.1, 0.15) is 0 Å². The lowest BCUT2D eigenvalue weighted by atomic mass is 9.97. The third-order valence-corrected chi connectivity index (χ3v) is 4.41. The van der Waals surface area contributed by atoms with Crippen molar-refractivity contribution < 1.29 is 0 Å². The summed E-state index contributed by atoms with van der Waals surface area (Å²) in [5.74, 6) is 6.49. The van der Waals surface area contributed by atoms with E-state index in [1.807, 2.05) is 23.6 Å². The predicted molar refractivity (Wildman–Crippen MR) is 82.0 cm³/mol. The molecule has 0 saturated heterocycles. The Morgan fingerprint density at radius 1 is 1.11 bits per heavy atom. The zero-order valence-corrected chi connectivity index (χ0v) is 12.1. The molecular formula is C16H14ClNS. The van der Waals surface area contributed by atoms with Gasteiger partial charge in [-0.25, -0.2) is 0 Å². The normalized spacial score (nSPS) is 14.2. The van der Waals surface area contributed by atoms with Gasteiger partial charge in [0.05, 0.1) is 9.90 Å². The predicted octanol–water partition coefficient (Wildman–Crippen LogP) is 3.49. The summed E-state index contributed by atoms with van der Waals surface area (Å²) in [6, 6.07) is 8.17. The van der Waals surface area contributed by atoms with Crippen molar-refractivity contribution in [3.8, 4) is 11.8 Å². The molecule has 0 spiro atoms. The average molecular weight is 288 g/mol. The summed E-state index contributed by atoms with van der Waals surface area (Å²) in [5.41, 5.74) is 3.71. The SMILES string of the molecule is Clc1ccc2c(c1C#Cc1cccs1)CCNCC2. The zero-order chi connectivity index (χ0) is 13.1. The minimum atomic E-state index is 0.768. The molecule has 2 heterocycles. The fourth-order valence-corrected chi connectivity index (χ4v) is 3.15. The summed E-state index contributed by atoms with van der Waals surface area (Å²) < 4.78 is 0. The summed E-state index contributed by atoms with van der Waals surface area (Å²) in [6.45, 7) is 2.04. The lowest BCUT2D eigenvalue weighted by Crippen LogP contribution is -2.16. The molecule has 3 rings (SSSR count). The smallest absolute Gasteiger partial charge is 0.0772 e. The van der Waals surface area contributed by atoms with E-state index in [0.29, 0.717) is 0 Å². The molecule has 1 nitrogen and oxygen atoms in total. The van der Waals surface area contributed by atoms with E-state index in [-0.39, 0.29) is 0 Å². The van der Waals surface area contributed by atoms with Gasteiger partial charge in [0.25, 0.3) is 0 Å². The molecule has 0 aliphatic carbocycles. The Kier molecular flexibility index (Phi) is 3.89. The topological polar surface area (TPSA) is 12.0 Å². The summed E-state index contributed by atoms with van der Waals surface area (Å²) >= 11 is 8.00. The first kappa shape index (κ1) is 12.7. The highest BCUT2D eigenvalue weighted by Crippen LogP contribution is 2.25. The molecule has 1 aromatic heterocycles. The van der Waals surface area contributed by atoms with Crippen molar-refractivity contribution in [1.82, 2.24) is 5.32 Å². The first-order valence-corrected chi connectivity index (χ1v) is 7.67. The van der Waals surface area contributed by atoms with E-state index >= 15 is 0 Å². The van der Waals surface area contributed by atoms with Crippen LogP contribution >= 0.6 is 22.9 Å². The van der Waals surface area contributed by atoms with Gasteiger partial charge in [-0.05, 0) is 54.6 Å². The average Bonchev–Trinajstić information content (AvgIpc) is 2.82. The highest BCUT2D eigenvalue weighted by Gasteiger charge is 2.13. The van der Waals surface area contributed by atoms with Crippen LogP contribution in [0.15, 0.2) is 29.6 Å². The Morgan fingerprint density at radius 3 is 2.84 bits per heavy atom. The molecule has 1 N–H and O–H groups in total. The number of hydrogen-bond donors (Lipinski definition) is 1. The molecule has 19 heavy (non-hydrogen) atoms. The standard InChI is InChI=1S/C16H14ClNS/c17-16-6-3-12-7-9-18-10-8-14(12)15(16)5-4-13-2-1-11-19-13/h1-3,6,11,18H,7-10H2. The van der Waals surface area contributed by atoms with Crippen LogP contribution in [0.2, 0.25) is 5.02 Å². The second-order valence-corrected chi connectivity index (χ2v) is 5.89. The van der Waals surface area contributed by atoms with Gasteiger partial charge in [-0.1, -0.05) is 35.6 Å². The maximum Gasteiger partial charge on any atom is 0.0772 e. The van der Waals surface area contributed by atoms with E-state index < -0.39 is 0 Å². The highest BCUT2D eigenvalue weighted by atomic mass is 35.5. The van der Waals surface area contributed by atoms with Crippen molar-refractivity contribution in [3.63, 3.8) is 0 Å². The first-order valence-electron chi connectivity index (χ1n) is 6.41. The van der Waals surface area contributed by atoms with Crippen molar-refractivity contribution in [2.75, 3.05) is 13.1 Å². The molecule has 0 saturated carbocycles. The Morgan fingerprint density at radius 2 is 2.00 bits per heavy atom. The van der Waals surface area contributed by atoms with E-state index in [0.717, 1.165) is 41.4 Å². The minimum Gasteiger partial charge on any atom is -0.316 e. The zero-order valence-electron chi connectivity index (χ0n) is 10.5. The molecule has 0 atom stereocenters. The Bertz CT molecular complexity index is 635. The molecule has 0 unspecified atom stereocenters. The maximum atomic E-state index is 6.34. The van der Waals surface area contributed by atoms with Gasteiger partial charge in [-0.15, -0.1) is 11.3 Å². The molecule has 0 bridgehead atoms. The highest BCUT2D eigenvalue weighted by molar-refractivity contribution is 7.10. The van der Waals surface area contributed by atoms with Crippen LogP contribution in [-0.4, -0.2) is 13.1 Å². The molecule has 1 aliphatic heterocycles. The van der Waals surface area contributed by atoms with Crippen LogP contribution in [0.3, 0.4) is 0 Å². The minimum absolute atomic E-state index is 0.768. The number of rotatable bonds is 0.